The molecule has 2 aliphatic rings. The molecule has 1 N–H and O–H groups in total. The summed E-state index contributed by atoms with van der Waals surface area (Å²) in [7, 11) is 0. The van der Waals surface area contributed by atoms with Crippen molar-refractivity contribution in [1.29, 1.82) is 0 Å². The van der Waals surface area contributed by atoms with Crippen LogP contribution in [0.3, 0.4) is 0 Å². The van der Waals surface area contributed by atoms with Crippen LogP contribution in [0.15, 0.2) is 80.3 Å². The zero-order valence-corrected chi connectivity index (χ0v) is 17.2. The molecule has 0 aliphatic carbocycles. The number of anilines is 1. The number of fused-ring (bicyclic) bond motifs is 4. The minimum Gasteiger partial charge on any atom is -0.422 e. The van der Waals surface area contributed by atoms with Crippen LogP contribution in [0.2, 0.25) is 0 Å². The van der Waals surface area contributed by atoms with Gasteiger partial charge in [-0.1, -0.05) is 48.2 Å². The minimum atomic E-state index is -1.02. The van der Waals surface area contributed by atoms with Gasteiger partial charge >= 0.3 is 5.63 Å². The summed E-state index contributed by atoms with van der Waals surface area (Å²) in [4.78, 5) is 19.2. The van der Waals surface area contributed by atoms with Crippen LogP contribution in [-0.2, 0) is 0 Å². The van der Waals surface area contributed by atoms with Gasteiger partial charge in [-0.3, -0.25) is 4.90 Å². The third kappa shape index (κ3) is 2.69. The molecule has 1 atom stereocenters. The van der Waals surface area contributed by atoms with E-state index in [-0.39, 0.29) is 0 Å². The van der Waals surface area contributed by atoms with Gasteiger partial charge in [0.05, 0.1) is 28.2 Å². The van der Waals surface area contributed by atoms with Gasteiger partial charge in [-0.2, -0.15) is 5.10 Å². The van der Waals surface area contributed by atoms with Crippen LogP contribution in [0, 0.1) is 6.92 Å². The van der Waals surface area contributed by atoms with E-state index in [2.05, 4.69) is 10.1 Å². The molecule has 152 valence electrons. The average molecular weight is 428 g/mol. The first kappa shape index (κ1) is 18.2. The SMILES string of the molecule is Cc1nn(-c2ccccc2)c2c1C(O)N=C1SC=C(c3cc4ccccc4oc3=O)N12. The predicted molar refractivity (Wildman–Crippen MR) is 121 cm³/mol. The Balaban J connectivity index is 1.58. The summed E-state index contributed by atoms with van der Waals surface area (Å²) in [6.07, 6.45) is -1.02. The highest BCUT2D eigenvalue weighted by Crippen LogP contribution is 2.46. The van der Waals surface area contributed by atoms with Crippen molar-refractivity contribution in [2.75, 3.05) is 4.90 Å². The lowest BCUT2D eigenvalue weighted by molar-refractivity contribution is 0.187. The van der Waals surface area contributed by atoms with E-state index in [0.717, 1.165) is 11.1 Å². The number of aliphatic hydroxyl groups excluding tert-OH is 1. The van der Waals surface area contributed by atoms with Gasteiger partial charge in [-0.25, -0.2) is 14.5 Å². The molecule has 31 heavy (non-hydrogen) atoms. The van der Waals surface area contributed by atoms with Gasteiger partial charge in [0.15, 0.2) is 17.2 Å². The molecule has 6 rings (SSSR count). The number of para-hydroxylation sites is 2. The number of aliphatic imine (C=N–C) groups is 1. The van der Waals surface area contributed by atoms with Crippen molar-refractivity contribution in [2.24, 2.45) is 4.99 Å². The van der Waals surface area contributed by atoms with Crippen LogP contribution in [0.1, 0.15) is 23.0 Å². The molecule has 2 aromatic carbocycles. The molecule has 0 spiro atoms. The molecule has 4 aromatic rings. The quantitative estimate of drug-likeness (QED) is 0.482. The van der Waals surface area contributed by atoms with Crippen LogP contribution in [-0.4, -0.2) is 20.1 Å². The van der Waals surface area contributed by atoms with Gasteiger partial charge in [0, 0.05) is 10.8 Å². The number of thioether (sulfide) groups is 1. The van der Waals surface area contributed by atoms with E-state index < -0.39 is 11.9 Å². The summed E-state index contributed by atoms with van der Waals surface area (Å²) in [5, 5.41) is 18.7. The Kier molecular flexibility index (Phi) is 3.92. The third-order valence-corrected chi connectivity index (χ3v) is 6.25. The lowest BCUT2D eigenvalue weighted by Gasteiger charge is -2.28. The summed E-state index contributed by atoms with van der Waals surface area (Å²) in [5.41, 5.74) is 3.33. The maximum atomic E-state index is 12.9. The minimum absolute atomic E-state index is 0.428. The number of rotatable bonds is 2. The smallest absolute Gasteiger partial charge is 0.345 e. The van der Waals surface area contributed by atoms with E-state index in [4.69, 9.17) is 4.42 Å². The van der Waals surface area contributed by atoms with E-state index >= 15 is 0 Å². The van der Waals surface area contributed by atoms with Gasteiger partial charge in [-0.05, 0) is 31.2 Å². The Morgan fingerprint density at radius 2 is 1.87 bits per heavy atom. The van der Waals surface area contributed by atoms with Gasteiger partial charge in [0.2, 0.25) is 0 Å². The summed E-state index contributed by atoms with van der Waals surface area (Å²) in [6, 6.07) is 18.9. The molecule has 0 saturated carbocycles. The molecule has 0 amide bonds. The fourth-order valence-corrected chi connectivity index (χ4v) is 4.90. The Labute approximate surface area is 180 Å². The second kappa shape index (κ2) is 6.69. The normalized spacial score (nSPS) is 17.4. The molecule has 0 fully saturated rings. The zero-order chi connectivity index (χ0) is 21.1. The molecule has 2 aliphatic heterocycles. The number of hydrogen-bond acceptors (Lipinski definition) is 7. The number of aryl methyl sites for hydroxylation is 1. The highest BCUT2D eigenvalue weighted by molar-refractivity contribution is 8.17. The molecule has 1 unspecified atom stereocenters. The first-order valence-electron chi connectivity index (χ1n) is 9.73. The second-order valence-corrected chi connectivity index (χ2v) is 8.13. The van der Waals surface area contributed by atoms with Crippen molar-refractivity contribution in [3.05, 3.63) is 93.3 Å². The maximum Gasteiger partial charge on any atom is 0.345 e. The second-order valence-electron chi connectivity index (χ2n) is 7.30. The molecule has 0 radical (unpaired) electrons. The van der Waals surface area contributed by atoms with E-state index in [1.54, 1.807) is 10.7 Å². The van der Waals surface area contributed by atoms with Crippen LogP contribution >= 0.6 is 11.8 Å². The Morgan fingerprint density at radius 3 is 2.71 bits per heavy atom. The zero-order valence-electron chi connectivity index (χ0n) is 16.4. The number of benzene rings is 2. The van der Waals surface area contributed by atoms with Crippen molar-refractivity contribution in [3.63, 3.8) is 0 Å². The summed E-state index contributed by atoms with van der Waals surface area (Å²) < 4.78 is 7.35. The van der Waals surface area contributed by atoms with Gasteiger partial charge in [0.25, 0.3) is 0 Å². The van der Waals surface area contributed by atoms with Crippen LogP contribution in [0.5, 0.6) is 0 Å². The molecule has 0 saturated heterocycles. The lowest BCUT2D eigenvalue weighted by Crippen LogP contribution is -2.31. The summed E-state index contributed by atoms with van der Waals surface area (Å²) >= 11 is 1.36. The molecular weight excluding hydrogens is 412 g/mol. The maximum absolute atomic E-state index is 12.9. The van der Waals surface area contributed by atoms with Crippen LogP contribution in [0.25, 0.3) is 22.4 Å². The van der Waals surface area contributed by atoms with Gasteiger partial charge in [-0.15, -0.1) is 0 Å². The highest BCUT2D eigenvalue weighted by atomic mass is 32.2. The van der Waals surface area contributed by atoms with E-state index in [0.29, 0.717) is 39.1 Å². The van der Waals surface area contributed by atoms with Crippen molar-refractivity contribution in [1.82, 2.24) is 9.78 Å². The standard InChI is InChI=1S/C23H16N4O3S/c1-13-19-20(28)24-23-26(21(19)27(25-13)15-8-3-2-4-9-15)17(12-31-23)16-11-14-7-5-6-10-18(14)30-22(16)29/h2-12,20,28H,1H3. The summed E-state index contributed by atoms with van der Waals surface area (Å²) in [6.45, 7) is 1.85. The van der Waals surface area contributed by atoms with Gasteiger partial charge in [0.1, 0.15) is 5.58 Å². The van der Waals surface area contributed by atoms with E-state index in [1.165, 1.54) is 11.8 Å². The number of aromatic nitrogens is 2. The highest BCUT2D eigenvalue weighted by Gasteiger charge is 2.39. The Morgan fingerprint density at radius 1 is 1.10 bits per heavy atom. The monoisotopic (exact) mass is 428 g/mol. The fraction of sp³-hybridized carbons (Fsp3) is 0.0870. The third-order valence-electron chi connectivity index (χ3n) is 5.41. The molecule has 7 nitrogen and oxygen atoms in total. The molecule has 2 aromatic heterocycles. The first-order valence-corrected chi connectivity index (χ1v) is 10.6. The topological polar surface area (TPSA) is 83.9 Å². The van der Waals surface area contributed by atoms with Crippen LogP contribution in [0.4, 0.5) is 5.82 Å². The number of aliphatic hydroxyl groups is 1. The van der Waals surface area contributed by atoms with Crippen LogP contribution < -0.4 is 10.5 Å². The van der Waals surface area contributed by atoms with Crippen molar-refractivity contribution < 1.29 is 9.52 Å². The Hall–Kier alpha value is -3.62. The average Bonchev–Trinajstić information content (AvgIpc) is 3.35. The first-order chi connectivity index (χ1) is 15.1. The van der Waals surface area contributed by atoms with Gasteiger partial charge < -0.3 is 9.52 Å². The van der Waals surface area contributed by atoms with E-state index in [9.17, 15) is 9.90 Å². The number of hydrogen-bond donors (Lipinski definition) is 1. The lowest BCUT2D eigenvalue weighted by atomic mass is 10.1. The van der Waals surface area contributed by atoms with Crippen molar-refractivity contribution >= 4 is 39.4 Å². The largest absolute Gasteiger partial charge is 0.422 e. The number of nitrogens with zero attached hydrogens (tertiary/aromatic N) is 4. The van der Waals surface area contributed by atoms with Crippen molar-refractivity contribution in [3.8, 4) is 5.69 Å². The molecular formula is C23H16N4O3S. The fourth-order valence-electron chi connectivity index (χ4n) is 4.00. The van der Waals surface area contributed by atoms with Crippen molar-refractivity contribution in [2.45, 2.75) is 13.2 Å². The number of amidine groups is 1. The van der Waals surface area contributed by atoms with E-state index in [1.807, 2.05) is 71.8 Å². The molecule has 8 heteroatoms. The molecule has 4 heterocycles. The summed E-state index contributed by atoms with van der Waals surface area (Å²) in [5.74, 6) is 0.671. The molecule has 0 bridgehead atoms. The Bertz CT molecular complexity index is 1470. The predicted octanol–water partition coefficient (Wildman–Crippen LogP) is 4.20.